The van der Waals surface area contributed by atoms with E-state index in [9.17, 15) is 23.8 Å². The first-order chi connectivity index (χ1) is 9.40. The van der Waals surface area contributed by atoms with Gasteiger partial charge in [0.2, 0.25) is 0 Å². The van der Waals surface area contributed by atoms with Crippen molar-refractivity contribution < 1.29 is 28.5 Å². The van der Waals surface area contributed by atoms with E-state index >= 15 is 0 Å². The molecular formula is C13H13F2NO4. The highest BCUT2D eigenvalue weighted by atomic mass is 19.2. The van der Waals surface area contributed by atoms with Gasteiger partial charge in [0.1, 0.15) is 6.10 Å². The van der Waals surface area contributed by atoms with Crippen LogP contribution in [-0.4, -0.2) is 28.9 Å². The lowest BCUT2D eigenvalue weighted by Gasteiger charge is -2.18. The van der Waals surface area contributed by atoms with E-state index in [0.717, 1.165) is 0 Å². The Morgan fingerprint density at radius 2 is 2.00 bits per heavy atom. The first-order valence-electron chi connectivity index (χ1n) is 5.81. The number of nitriles is 1. The fourth-order valence-corrected chi connectivity index (χ4v) is 1.61. The largest absolute Gasteiger partial charge is 0.466 e. The quantitative estimate of drug-likeness (QED) is 0.793. The van der Waals surface area contributed by atoms with E-state index in [0.29, 0.717) is 12.1 Å². The molecule has 0 aliphatic carbocycles. The Labute approximate surface area is 114 Å². The molecule has 0 saturated heterocycles. The molecule has 7 heteroatoms. The van der Waals surface area contributed by atoms with Gasteiger partial charge in [0.05, 0.1) is 30.8 Å². The molecule has 5 nitrogen and oxygen atoms in total. The molecule has 0 aliphatic rings. The minimum atomic E-state index is -1.70. The van der Waals surface area contributed by atoms with Crippen LogP contribution in [0.4, 0.5) is 8.78 Å². The molecule has 2 atom stereocenters. The van der Waals surface area contributed by atoms with Crippen molar-refractivity contribution in [3.05, 3.63) is 34.9 Å². The molecule has 0 saturated carbocycles. The van der Waals surface area contributed by atoms with Gasteiger partial charge >= 0.3 is 5.97 Å². The van der Waals surface area contributed by atoms with E-state index < -0.39 is 36.2 Å². The molecule has 0 aromatic heterocycles. The van der Waals surface area contributed by atoms with Gasteiger partial charge in [-0.1, -0.05) is 0 Å². The maximum absolute atomic E-state index is 13.1. The van der Waals surface area contributed by atoms with Crippen molar-refractivity contribution in [1.82, 2.24) is 0 Å². The van der Waals surface area contributed by atoms with E-state index in [1.807, 2.05) is 0 Å². The van der Waals surface area contributed by atoms with Crippen molar-refractivity contribution in [3.63, 3.8) is 0 Å². The van der Waals surface area contributed by atoms with Crippen LogP contribution in [0, 0.1) is 23.0 Å². The SMILES string of the molecule is CCOC(=O)CC(O)C(O)c1cc(F)c(F)cc1C#N. The van der Waals surface area contributed by atoms with Gasteiger partial charge in [-0.2, -0.15) is 5.26 Å². The second-order valence-corrected chi connectivity index (χ2v) is 3.99. The summed E-state index contributed by atoms with van der Waals surface area (Å²) in [6, 6.07) is 2.82. The fourth-order valence-electron chi connectivity index (χ4n) is 1.61. The lowest BCUT2D eigenvalue weighted by atomic mass is 9.97. The number of esters is 1. The summed E-state index contributed by atoms with van der Waals surface area (Å²) < 4.78 is 30.7. The highest BCUT2D eigenvalue weighted by Gasteiger charge is 2.25. The van der Waals surface area contributed by atoms with Gasteiger partial charge in [-0.15, -0.1) is 0 Å². The number of hydrogen-bond acceptors (Lipinski definition) is 5. The third-order valence-corrected chi connectivity index (χ3v) is 2.58. The molecule has 20 heavy (non-hydrogen) atoms. The van der Waals surface area contributed by atoms with Crippen LogP contribution in [-0.2, 0) is 9.53 Å². The lowest BCUT2D eigenvalue weighted by Crippen LogP contribution is -2.24. The highest BCUT2D eigenvalue weighted by molar-refractivity contribution is 5.70. The van der Waals surface area contributed by atoms with Gasteiger partial charge in [-0.05, 0) is 19.1 Å². The summed E-state index contributed by atoms with van der Waals surface area (Å²) in [7, 11) is 0. The Morgan fingerprint density at radius 1 is 1.40 bits per heavy atom. The first kappa shape index (κ1) is 16.0. The summed E-state index contributed by atoms with van der Waals surface area (Å²) in [5, 5.41) is 28.3. The van der Waals surface area contributed by atoms with E-state index in [1.165, 1.54) is 0 Å². The minimum absolute atomic E-state index is 0.107. The summed E-state index contributed by atoms with van der Waals surface area (Å²) in [6.07, 6.45) is -3.83. The van der Waals surface area contributed by atoms with E-state index in [-0.39, 0.29) is 17.7 Å². The van der Waals surface area contributed by atoms with Crippen molar-refractivity contribution in [2.75, 3.05) is 6.61 Å². The number of rotatable bonds is 5. The Hall–Kier alpha value is -2.04. The number of aliphatic hydroxyl groups excluding tert-OH is 2. The molecule has 2 unspecified atom stereocenters. The normalized spacial score (nSPS) is 13.4. The first-order valence-corrected chi connectivity index (χ1v) is 5.81. The minimum Gasteiger partial charge on any atom is -0.466 e. The van der Waals surface area contributed by atoms with Crippen LogP contribution in [0.3, 0.4) is 0 Å². The van der Waals surface area contributed by atoms with Crippen molar-refractivity contribution in [2.24, 2.45) is 0 Å². The number of nitrogens with zero attached hydrogens (tertiary/aromatic N) is 1. The van der Waals surface area contributed by atoms with E-state index in [2.05, 4.69) is 4.74 Å². The molecule has 0 heterocycles. The third kappa shape index (κ3) is 3.73. The van der Waals surface area contributed by atoms with Crippen molar-refractivity contribution in [1.29, 1.82) is 5.26 Å². The molecule has 1 aromatic carbocycles. The average Bonchev–Trinajstić information content (AvgIpc) is 2.40. The number of aliphatic hydroxyl groups is 2. The zero-order valence-corrected chi connectivity index (χ0v) is 10.6. The molecule has 1 aromatic rings. The van der Waals surface area contributed by atoms with Gasteiger partial charge in [0.25, 0.3) is 0 Å². The summed E-state index contributed by atoms with van der Waals surface area (Å²) >= 11 is 0. The molecule has 0 bridgehead atoms. The number of carbonyl (C=O) groups is 1. The Bertz CT molecular complexity index is 542. The molecule has 2 N–H and O–H groups in total. The van der Waals surface area contributed by atoms with Crippen molar-refractivity contribution in [3.8, 4) is 6.07 Å². The molecule has 0 amide bonds. The molecule has 1 rings (SSSR count). The van der Waals surface area contributed by atoms with Crippen LogP contribution in [0.25, 0.3) is 0 Å². The Morgan fingerprint density at radius 3 is 2.55 bits per heavy atom. The molecule has 108 valence electrons. The lowest BCUT2D eigenvalue weighted by molar-refractivity contribution is -0.147. The number of ether oxygens (including phenoxy) is 1. The fraction of sp³-hybridized carbons (Fsp3) is 0.385. The van der Waals surface area contributed by atoms with Gasteiger partial charge in [-0.3, -0.25) is 4.79 Å². The number of carbonyl (C=O) groups excluding carboxylic acids is 1. The second kappa shape index (κ2) is 6.93. The molecular weight excluding hydrogens is 272 g/mol. The van der Waals surface area contributed by atoms with Crippen LogP contribution in [0.2, 0.25) is 0 Å². The van der Waals surface area contributed by atoms with Crippen LogP contribution in [0.5, 0.6) is 0 Å². The highest BCUT2D eigenvalue weighted by Crippen LogP contribution is 2.25. The summed E-state index contributed by atoms with van der Waals surface area (Å²) in [4.78, 5) is 11.2. The number of benzene rings is 1. The van der Waals surface area contributed by atoms with E-state index in [1.54, 1.807) is 13.0 Å². The maximum atomic E-state index is 13.1. The van der Waals surface area contributed by atoms with Crippen LogP contribution < -0.4 is 0 Å². The zero-order valence-electron chi connectivity index (χ0n) is 10.6. The smallest absolute Gasteiger partial charge is 0.308 e. The zero-order chi connectivity index (χ0) is 15.3. The topological polar surface area (TPSA) is 90.6 Å². The predicted octanol–water partition coefficient (Wildman–Crippen LogP) is 1.18. The average molecular weight is 285 g/mol. The van der Waals surface area contributed by atoms with Crippen molar-refractivity contribution in [2.45, 2.75) is 25.6 Å². The van der Waals surface area contributed by atoms with Gasteiger partial charge < -0.3 is 14.9 Å². The monoisotopic (exact) mass is 285 g/mol. The number of halogens is 2. The standard InChI is InChI=1S/C13H13F2NO4/c1-2-20-12(18)5-11(17)13(19)8-4-10(15)9(14)3-7(8)6-16/h3-4,11,13,17,19H,2,5H2,1H3. The summed E-state index contributed by atoms with van der Waals surface area (Å²) in [6.45, 7) is 1.68. The van der Waals surface area contributed by atoms with Crippen LogP contribution in [0.15, 0.2) is 12.1 Å². The van der Waals surface area contributed by atoms with Crippen molar-refractivity contribution >= 4 is 5.97 Å². The third-order valence-electron chi connectivity index (χ3n) is 2.58. The molecule has 0 spiro atoms. The molecule has 0 fully saturated rings. The molecule has 0 aliphatic heterocycles. The van der Waals surface area contributed by atoms with Crippen LogP contribution in [0.1, 0.15) is 30.6 Å². The number of hydrogen-bond donors (Lipinski definition) is 2. The second-order valence-electron chi connectivity index (χ2n) is 3.99. The maximum Gasteiger partial charge on any atom is 0.308 e. The summed E-state index contributed by atoms with van der Waals surface area (Å²) in [5.41, 5.74) is -0.609. The van der Waals surface area contributed by atoms with E-state index in [4.69, 9.17) is 5.26 Å². The molecule has 0 radical (unpaired) electrons. The predicted molar refractivity (Wildman–Crippen MR) is 63.3 cm³/mol. The Kier molecular flexibility index (Phi) is 5.55. The Balaban J connectivity index is 2.97. The van der Waals surface area contributed by atoms with Crippen LogP contribution >= 0.6 is 0 Å². The van der Waals surface area contributed by atoms with Gasteiger partial charge in [0, 0.05) is 5.56 Å². The van der Waals surface area contributed by atoms with Gasteiger partial charge in [-0.25, -0.2) is 8.78 Å². The summed E-state index contributed by atoms with van der Waals surface area (Å²) in [5.74, 6) is -3.25. The van der Waals surface area contributed by atoms with Gasteiger partial charge in [0.15, 0.2) is 11.6 Å².